The average molecular weight is 289 g/mol. The first-order valence-electron chi connectivity index (χ1n) is 8.22. The summed E-state index contributed by atoms with van der Waals surface area (Å²) >= 11 is 0. The zero-order valence-electron chi connectivity index (χ0n) is 13.2. The van der Waals surface area contributed by atoms with Crippen LogP contribution in [0.3, 0.4) is 0 Å². The molecule has 0 spiro atoms. The minimum Gasteiger partial charge on any atom is -0.380 e. The molecule has 0 amide bonds. The molecule has 0 bridgehead atoms. The van der Waals surface area contributed by atoms with Gasteiger partial charge in [0.25, 0.3) is 0 Å². The summed E-state index contributed by atoms with van der Waals surface area (Å²) in [5.41, 5.74) is 2.55. The Balaban J connectivity index is 1.63. The van der Waals surface area contributed by atoms with Gasteiger partial charge in [-0.3, -0.25) is 0 Å². The number of piperazine rings is 1. The van der Waals surface area contributed by atoms with Crippen LogP contribution < -0.4 is 10.2 Å². The van der Waals surface area contributed by atoms with Crippen LogP contribution in [0.2, 0.25) is 0 Å². The third-order valence-corrected chi connectivity index (χ3v) is 4.76. The minimum atomic E-state index is 0.307. The number of nitrogens with zero attached hydrogens (tertiary/aromatic N) is 2. The molecule has 116 valence electrons. The Hall–Kier alpha value is -1.26. The van der Waals surface area contributed by atoms with Crippen LogP contribution in [0.1, 0.15) is 20.3 Å². The third kappa shape index (κ3) is 3.50. The summed E-state index contributed by atoms with van der Waals surface area (Å²) in [5.74, 6) is 0. The van der Waals surface area contributed by atoms with Gasteiger partial charge in [0.05, 0.1) is 12.1 Å². The lowest BCUT2D eigenvalue weighted by Crippen LogP contribution is -2.46. The molecule has 0 radical (unpaired) electrons. The van der Waals surface area contributed by atoms with E-state index < -0.39 is 0 Å². The van der Waals surface area contributed by atoms with E-state index in [0.29, 0.717) is 12.1 Å². The second-order valence-electron chi connectivity index (χ2n) is 6.09. The molecule has 0 aromatic heterocycles. The first kappa shape index (κ1) is 14.7. The van der Waals surface area contributed by atoms with E-state index in [2.05, 4.69) is 53.2 Å². The Labute approximate surface area is 128 Å². The molecular weight excluding hydrogens is 262 g/mol. The van der Waals surface area contributed by atoms with Gasteiger partial charge in [-0.2, -0.15) is 0 Å². The average Bonchev–Trinajstić information content (AvgIpc) is 2.93. The molecular formula is C17H27N3O. The molecule has 3 rings (SSSR count). The quantitative estimate of drug-likeness (QED) is 0.921. The fraction of sp³-hybridized carbons (Fsp3) is 0.647. The van der Waals surface area contributed by atoms with Gasteiger partial charge >= 0.3 is 0 Å². The summed E-state index contributed by atoms with van der Waals surface area (Å²) in [6.07, 6.45) is 1.40. The molecule has 0 saturated carbocycles. The van der Waals surface area contributed by atoms with Crippen molar-refractivity contribution < 1.29 is 4.74 Å². The number of nitrogens with one attached hydrogen (secondary N) is 1. The maximum atomic E-state index is 5.63. The Bertz CT molecular complexity index is 457. The van der Waals surface area contributed by atoms with Crippen molar-refractivity contribution in [1.29, 1.82) is 0 Å². The fourth-order valence-electron chi connectivity index (χ4n) is 3.25. The zero-order chi connectivity index (χ0) is 14.7. The molecule has 2 fully saturated rings. The molecule has 2 heterocycles. The van der Waals surface area contributed by atoms with Crippen LogP contribution in [0.25, 0.3) is 0 Å². The Morgan fingerprint density at radius 3 is 2.71 bits per heavy atom. The second-order valence-corrected chi connectivity index (χ2v) is 6.09. The molecule has 1 aromatic rings. The fourth-order valence-corrected chi connectivity index (χ4v) is 3.25. The van der Waals surface area contributed by atoms with E-state index in [1.54, 1.807) is 0 Å². The van der Waals surface area contributed by atoms with E-state index in [4.69, 9.17) is 4.74 Å². The molecule has 2 aliphatic rings. The van der Waals surface area contributed by atoms with E-state index in [1.165, 1.54) is 24.5 Å². The predicted octanol–water partition coefficient (Wildman–Crippen LogP) is 2.42. The van der Waals surface area contributed by atoms with Crippen molar-refractivity contribution >= 4 is 11.4 Å². The minimum absolute atomic E-state index is 0.307. The largest absolute Gasteiger partial charge is 0.380 e. The van der Waals surface area contributed by atoms with Crippen molar-refractivity contribution in [2.45, 2.75) is 32.4 Å². The molecule has 1 N–H and O–H groups in total. The van der Waals surface area contributed by atoms with E-state index in [9.17, 15) is 0 Å². The maximum absolute atomic E-state index is 5.63. The first-order valence-corrected chi connectivity index (χ1v) is 8.22. The van der Waals surface area contributed by atoms with Gasteiger partial charge in [-0.15, -0.1) is 0 Å². The highest BCUT2D eigenvalue weighted by molar-refractivity contribution is 5.58. The molecule has 0 unspecified atom stereocenters. The van der Waals surface area contributed by atoms with Crippen LogP contribution in [0.5, 0.6) is 0 Å². The molecule has 1 aromatic carbocycles. The van der Waals surface area contributed by atoms with Crippen LogP contribution in [0, 0.1) is 0 Å². The van der Waals surface area contributed by atoms with Gasteiger partial charge in [0.15, 0.2) is 0 Å². The molecule has 2 saturated heterocycles. The number of rotatable bonds is 4. The standard InChI is InChI=1S/C17H27N3O/c1-3-19-8-10-20(11-9-19)16-6-4-5-15(13-16)18-17-7-12-21-14(17)2/h4-6,13-14,17-18H,3,7-12H2,1-2H3/t14-,17-/m0/s1. The van der Waals surface area contributed by atoms with Crippen LogP contribution in [0.4, 0.5) is 11.4 Å². The third-order valence-electron chi connectivity index (χ3n) is 4.76. The monoisotopic (exact) mass is 289 g/mol. The van der Waals surface area contributed by atoms with Crippen LogP contribution in [-0.4, -0.2) is 56.4 Å². The van der Waals surface area contributed by atoms with Crippen molar-refractivity contribution in [3.63, 3.8) is 0 Å². The van der Waals surface area contributed by atoms with Gasteiger partial charge in [-0.1, -0.05) is 13.0 Å². The predicted molar refractivity (Wildman–Crippen MR) is 88.2 cm³/mol. The molecule has 2 aliphatic heterocycles. The normalized spacial score (nSPS) is 27.0. The smallest absolute Gasteiger partial charge is 0.0748 e. The van der Waals surface area contributed by atoms with Gasteiger partial charge in [0.2, 0.25) is 0 Å². The van der Waals surface area contributed by atoms with E-state index in [-0.39, 0.29) is 0 Å². The lowest BCUT2D eigenvalue weighted by molar-refractivity contribution is 0.121. The van der Waals surface area contributed by atoms with Gasteiger partial charge in [0.1, 0.15) is 0 Å². The first-order chi connectivity index (χ1) is 10.3. The lowest BCUT2D eigenvalue weighted by atomic mass is 10.1. The number of hydrogen-bond acceptors (Lipinski definition) is 4. The van der Waals surface area contributed by atoms with Crippen molar-refractivity contribution in [3.8, 4) is 0 Å². The second kappa shape index (κ2) is 6.67. The highest BCUT2D eigenvalue weighted by atomic mass is 16.5. The number of ether oxygens (including phenoxy) is 1. The van der Waals surface area contributed by atoms with Gasteiger partial charge in [0, 0.05) is 44.2 Å². The van der Waals surface area contributed by atoms with E-state index >= 15 is 0 Å². The maximum Gasteiger partial charge on any atom is 0.0748 e. The lowest BCUT2D eigenvalue weighted by Gasteiger charge is -2.35. The molecule has 4 heteroatoms. The van der Waals surface area contributed by atoms with Gasteiger partial charge in [-0.05, 0) is 38.1 Å². The van der Waals surface area contributed by atoms with Gasteiger partial charge in [-0.25, -0.2) is 0 Å². The van der Waals surface area contributed by atoms with Crippen molar-refractivity contribution in [2.75, 3.05) is 49.5 Å². The summed E-state index contributed by atoms with van der Waals surface area (Å²) < 4.78 is 5.63. The Kier molecular flexibility index (Phi) is 4.66. The number of hydrogen-bond donors (Lipinski definition) is 1. The van der Waals surface area contributed by atoms with Crippen molar-refractivity contribution in [3.05, 3.63) is 24.3 Å². The summed E-state index contributed by atoms with van der Waals surface area (Å²) in [6.45, 7) is 11.0. The molecule has 2 atom stereocenters. The topological polar surface area (TPSA) is 27.7 Å². The van der Waals surface area contributed by atoms with Crippen molar-refractivity contribution in [2.24, 2.45) is 0 Å². The highest BCUT2D eigenvalue weighted by Gasteiger charge is 2.24. The number of likely N-dealkylation sites (N-methyl/N-ethyl adjacent to an activating group) is 1. The van der Waals surface area contributed by atoms with E-state index in [0.717, 1.165) is 32.7 Å². The molecule has 0 aliphatic carbocycles. The number of anilines is 2. The summed E-state index contributed by atoms with van der Waals surface area (Å²) in [4.78, 5) is 5.00. The van der Waals surface area contributed by atoms with Gasteiger partial charge < -0.3 is 19.9 Å². The summed E-state index contributed by atoms with van der Waals surface area (Å²) in [7, 11) is 0. The van der Waals surface area contributed by atoms with E-state index in [1.807, 2.05) is 0 Å². The molecule has 4 nitrogen and oxygen atoms in total. The Morgan fingerprint density at radius 1 is 1.24 bits per heavy atom. The molecule has 21 heavy (non-hydrogen) atoms. The Morgan fingerprint density at radius 2 is 2.05 bits per heavy atom. The highest BCUT2D eigenvalue weighted by Crippen LogP contribution is 2.24. The number of benzene rings is 1. The summed E-state index contributed by atoms with van der Waals surface area (Å²) in [6, 6.07) is 9.27. The van der Waals surface area contributed by atoms with Crippen LogP contribution >= 0.6 is 0 Å². The zero-order valence-corrected chi connectivity index (χ0v) is 13.2. The SMILES string of the molecule is CCN1CCN(c2cccc(N[C@H]3CCO[C@H]3C)c2)CC1. The summed E-state index contributed by atoms with van der Waals surface area (Å²) in [5, 5.41) is 3.63. The van der Waals surface area contributed by atoms with Crippen molar-refractivity contribution in [1.82, 2.24) is 4.90 Å². The van der Waals surface area contributed by atoms with Crippen LogP contribution in [0.15, 0.2) is 24.3 Å². The van der Waals surface area contributed by atoms with Crippen LogP contribution in [-0.2, 0) is 4.74 Å².